The predicted molar refractivity (Wildman–Crippen MR) is 100 cm³/mol. The van der Waals surface area contributed by atoms with Gasteiger partial charge < -0.3 is 14.7 Å². The Morgan fingerprint density at radius 1 is 1.15 bits per heavy atom. The molecule has 2 amide bonds. The Balaban J connectivity index is 1.63. The minimum absolute atomic E-state index is 0.0496. The first-order valence-electron chi connectivity index (χ1n) is 8.66. The number of nitrogens with zero attached hydrogens (tertiary/aromatic N) is 6. The van der Waals surface area contributed by atoms with E-state index in [1.54, 1.807) is 47.6 Å². The van der Waals surface area contributed by atoms with Crippen LogP contribution in [0.5, 0.6) is 0 Å². The van der Waals surface area contributed by atoms with Crippen LogP contribution in [0, 0.1) is 11.3 Å². The zero-order valence-electron chi connectivity index (χ0n) is 15.1. The van der Waals surface area contributed by atoms with E-state index in [-0.39, 0.29) is 18.4 Å². The molecule has 0 unspecified atom stereocenters. The highest BCUT2D eigenvalue weighted by atomic mass is 16.2. The smallest absolute Gasteiger partial charge is 0.242 e. The van der Waals surface area contributed by atoms with Gasteiger partial charge in [0.05, 0.1) is 11.6 Å². The second-order valence-corrected chi connectivity index (χ2v) is 6.18. The Labute approximate surface area is 157 Å². The lowest BCUT2D eigenvalue weighted by Crippen LogP contribution is -2.52. The van der Waals surface area contributed by atoms with E-state index in [2.05, 4.69) is 9.97 Å². The number of hydrogen-bond acceptors (Lipinski definition) is 6. The molecule has 1 aromatic carbocycles. The molecule has 1 saturated heterocycles. The third-order valence-electron chi connectivity index (χ3n) is 4.43. The van der Waals surface area contributed by atoms with Crippen molar-refractivity contribution in [2.45, 2.75) is 6.92 Å². The summed E-state index contributed by atoms with van der Waals surface area (Å²) in [6.07, 6.45) is 3.39. The predicted octanol–water partition coefficient (Wildman–Crippen LogP) is 1.05. The number of aromatic nitrogens is 2. The van der Waals surface area contributed by atoms with Crippen molar-refractivity contribution in [3.8, 4) is 6.07 Å². The molecule has 0 spiro atoms. The fraction of sp³-hybridized carbons (Fsp3) is 0.316. The molecular formula is C19H20N6O2. The number of anilines is 2. The first kappa shape index (κ1) is 18.3. The minimum Gasteiger partial charge on any atom is -0.338 e. The molecule has 8 heteroatoms. The van der Waals surface area contributed by atoms with Gasteiger partial charge in [-0.15, -0.1) is 0 Å². The van der Waals surface area contributed by atoms with Crippen molar-refractivity contribution in [3.63, 3.8) is 0 Å². The summed E-state index contributed by atoms with van der Waals surface area (Å²) in [4.78, 5) is 38.4. The topological polar surface area (TPSA) is 93.4 Å². The zero-order valence-corrected chi connectivity index (χ0v) is 15.1. The standard InChI is InChI=1S/C19H20N6O2/c1-15(26)25(17-5-2-4-16(12-17)13-20)14-18(27)23-8-10-24(11-9-23)19-21-6-3-7-22-19/h2-7,12H,8-11,14H2,1H3. The van der Waals surface area contributed by atoms with Crippen molar-refractivity contribution in [2.75, 3.05) is 42.5 Å². The minimum atomic E-state index is -0.241. The molecule has 0 aliphatic carbocycles. The van der Waals surface area contributed by atoms with Crippen LogP contribution in [0.25, 0.3) is 0 Å². The van der Waals surface area contributed by atoms with Crippen LogP contribution in [0.15, 0.2) is 42.7 Å². The average molecular weight is 364 g/mol. The van der Waals surface area contributed by atoms with Gasteiger partial charge in [0, 0.05) is 51.2 Å². The zero-order chi connectivity index (χ0) is 19.2. The molecule has 1 aliphatic rings. The van der Waals surface area contributed by atoms with Crippen LogP contribution in [0.3, 0.4) is 0 Å². The van der Waals surface area contributed by atoms with Gasteiger partial charge in [-0.05, 0) is 24.3 Å². The van der Waals surface area contributed by atoms with Gasteiger partial charge in [-0.3, -0.25) is 9.59 Å². The number of benzene rings is 1. The van der Waals surface area contributed by atoms with Crippen LogP contribution in [0.4, 0.5) is 11.6 Å². The summed E-state index contributed by atoms with van der Waals surface area (Å²) in [6.45, 7) is 3.73. The second kappa shape index (κ2) is 8.27. The number of carbonyl (C=O) groups excluding carboxylic acids is 2. The van der Waals surface area contributed by atoms with Crippen LogP contribution in [0.2, 0.25) is 0 Å². The normalized spacial score (nSPS) is 13.8. The van der Waals surface area contributed by atoms with E-state index in [0.717, 1.165) is 0 Å². The molecular weight excluding hydrogens is 344 g/mol. The van der Waals surface area contributed by atoms with E-state index in [4.69, 9.17) is 5.26 Å². The van der Waals surface area contributed by atoms with Crippen molar-refractivity contribution in [3.05, 3.63) is 48.3 Å². The molecule has 1 aliphatic heterocycles. The number of hydrogen-bond donors (Lipinski definition) is 0. The molecule has 0 radical (unpaired) electrons. The molecule has 138 valence electrons. The molecule has 27 heavy (non-hydrogen) atoms. The van der Waals surface area contributed by atoms with Crippen molar-refractivity contribution in [2.24, 2.45) is 0 Å². The number of piperazine rings is 1. The lowest BCUT2D eigenvalue weighted by molar-refractivity contribution is -0.131. The Morgan fingerprint density at radius 3 is 2.48 bits per heavy atom. The lowest BCUT2D eigenvalue weighted by Gasteiger charge is -2.35. The van der Waals surface area contributed by atoms with Crippen LogP contribution < -0.4 is 9.80 Å². The van der Waals surface area contributed by atoms with Gasteiger partial charge in [-0.1, -0.05) is 6.07 Å². The fourth-order valence-corrected chi connectivity index (χ4v) is 2.97. The molecule has 8 nitrogen and oxygen atoms in total. The molecule has 2 heterocycles. The van der Waals surface area contributed by atoms with E-state index in [1.807, 2.05) is 11.0 Å². The van der Waals surface area contributed by atoms with E-state index >= 15 is 0 Å². The molecule has 0 atom stereocenters. The molecule has 1 fully saturated rings. The van der Waals surface area contributed by atoms with E-state index in [0.29, 0.717) is 43.4 Å². The van der Waals surface area contributed by atoms with Crippen LogP contribution in [0.1, 0.15) is 12.5 Å². The molecule has 0 bridgehead atoms. The Morgan fingerprint density at radius 2 is 1.85 bits per heavy atom. The third kappa shape index (κ3) is 4.39. The van der Waals surface area contributed by atoms with Gasteiger partial charge in [0.2, 0.25) is 17.8 Å². The Bertz CT molecular complexity index is 856. The number of amides is 2. The highest BCUT2D eigenvalue weighted by Gasteiger charge is 2.25. The van der Waals surface area contributed by atoms with E-state index < -0.39 is 0 Å². The van der Waals surface area contributed by atoms with Gasteiger partial charge in [-0.2, -0.15) is 5.26 Å². The van der Waals surface area contributed by atoms with Crippen molar-refractivity contribution < 1.29 is 9.59 Å². The summed E-state index contributed by atoms with van der Waals surface area (Å²) in [5.74, 6) is 0.291. The van der Waals surface area contributed by atoms with E-state index in [1.165, 1.54) is 11.8 Å². The van der Waals surface area contributed by atoms with Crippen LogP contribution in [-0.4, -0.2) is 59.4 Å². The summed E-state index contributed by atoms with van der Waals surface area (Å²) in [5.41, 5.74) is 0.994. The quantitative estimate of drug-likeness (QED) is 0.805. The third-order valence-corrected chi connectivity index (χ3v) is 4.43. The van der Waals surface area contributed by atoms with Gasteiger partial charge in [0.1, 0.15) is 6.54 Å². The van der Waals surface area contributed by atoms with Crippen molar-refractivity contribution >= 4 is 23.5 Å². The molecule has 0 N–H and O–H groups in total. The highest BCUT2D eigenvalue weighted by molar-refractivity contribution is 5.97. The van der Waals surface area contributed by atoms with E-state index in [9.17, 15) is 9.59 Å². The van der Waals surface area contributed by atoms with Crippen molar-refractivity contribution in [1.29, 1.82) is 5.26 Å². The largest absolute Gasteiger partial charge is 0.338 e. The molecule has 3 rings (SSSR count). The summed E-state index contributed by atoms with van der Waals surface area (Å²) in [6, 6.07) is 10.5. The lowest BCUT2D eigenvalue weighted by atomic mass is 10.2. The summed E-state index contributed by atoms with van der Waals surface area (Å²) in [7, 11) is 0. The Kier molecular flexibility index (Phi) is 5.61. The van der Waals surface area contributed by atoms with Gasteiger partial charge >= 0.3 is 0 Å². The maximum absolute atomic E-state index is 12.7. The monoisotopic (exact) mass is 364 g/mol. The maximum Gasteiger partial charge on any atom is 0.242 e. The average Bonchev–Trinajstić information content (AvgIpc) is 2.72. The molecule has 0 saturated carbocycles. The number of carbonyl (C=O) groups is 2. The van der Waals surface area contributed by atoms with Gasteiger partial charge in [0.15, 0.2) is 0 Å². The second-order valence-electron chi connectivity index (χ2n) is 6.18. The molecule has 2 aromatic rings. The highest BCUT2D eigenvalue weighted by Crippen LogP contribution is 2.17. The van der Waals surface area contributed by atoms with Crippen molar-refractivity contribution in [1.82, 2.24) is 14.9 Å². The van der Waals surface area contributed by atoms with Gasteiger partial charge in [0.25, 0.3) is 0 Å². The summed E-state index contributed by atoms with van der Waals surface area (Å²) >= 11 is 0. The number of nitriles is 1. The summed E-state index contributed by atoms with van der Waals surface area (Å²) in [5, 5.41) is 9.04. The van der Waals surface area contributed by atoms with Crippen LogP contribution >= 0.6 is 0 Å². The molecule has 1 aromatic heterocycles. The summed E-state index contributed by atoms with van der Waals surface area (Å²) < 4.78 is 0. The first-order chi connectivity index (χ1) is 13.1. The number of rotatable bonds is 4. The maximum atomic E-state index is 12.7. The first-order valence-corrected chi connectivity index (χ1v) is 8.66. The fourth-order valence-electron chi connectivity index (χ4n) is 2.97. The van der Waals surface area contributed by atoms with Crippen LogP contribution in [-0.2, 0) is 9.59 Å². The Hall–Kier alpha value is -3.47. The SMILES string of the molecule is CC(=O)N(CC(=O)N1CCN(c2ncccn2)CC1)c1cccc(C#N)c1. The van der Waals surface area contributed by atoms with Gasteiger partial charge in [-0.25, -0.2) is 9.97 Å².